The van der Waals surface area contributed by atoms with Gasteiger partial charge >= 0.3 is 0 Å². The molecule has 3 heterocycles. The second-order valence-corrected chi connectivity index (χ2v) is 4.78. The summed E-state index contributed by atoms with van der Waals surface area (Å²) in [4.78, 5) is 11.8. The molecule has 2 aromatic rings. The van der Waals surface area contributed by atoms with Crippen LogP contribution in [0.3, 0.4) is 0 Å². The number of rotatable bonds is 2. The molecule has 10 heteroatoms. The molecular weight excluding hydrogens is 290 g/mol. The number of fused-ring (bicyclic) bond motifs is 1. The van der Waals surface area contributed by atoms with Crippen molar-refractivity contribution in [2.75, 3.05) is 12.3 Å². The van der Waals surface area contributed by atoms with Crippen molar-refractivity contribution in [3.8, 4) is 0 Å². The fourth-order valence-electron chi connectivity index (χ4n) is 2.19. The summed E-state index contributed by atoms with van der Waals surface area (Å²) in [6, 6.07) is 0. The average molecular weight is 302 g/mol. The van der Waals surface area contributed by atoms with Gasteiger partial charge in [-0.1, -0.05) is 11.6 Å². The lowest BCUT2D eigenvalue weighted by molar-refractivity contribution is -0.0511. The van der Waals surface area contributed by atoms with Crippen LogP contribution < -0.4 is 5.73 Å². The van der Waals surface area contributed by atoms with Crippen LogP contribution >= 0.6 is 11.6 Å². The minimum atomic E-state index is -1.24. The van der Waals surface area contributed by atoms with E-state index in [1.807, 2.05) is 0 Å². The Morgan fingerprint density at radius 3 is 2.75 bits per heavy atom. The molecule has 3 rings (SSSR count). The number of aliphatic hydroxyl groups is 3. The topological polar surface area (TPSA) is 140 Å². The number of hydrogen-bond donors (Lipinski definition) is 4. The molecule has 108 valence electrons. The van der Waals surface area contributed by atoms with Crippen LogP contribution in [0.15, 0.2) is 6.33 Å². The smallest absolute Gasteiger partial charge is 0.223 e. The maximum atomic E-state index is 9.99. The van der Waals surface area contributed by atoms with Crippen molar-refractivity contribution in [3.05, 3.63) is 11.5 Å². The van der Waals surface area contributed by atoms with E-state index < -0.39 is 31.1 Å². The zero-order chi connectivity index (χ0) is 14.4. The molecule has 1 aliphatic rings. The highest BCUT2D eigenvalue weighted by Crippen LogP contribution is 2.32. The minimum Gasteiger partial charge on any atom is -0.394 e. The summed E-state index contributed by atoms with van der Waals surface area (Å²) in [6.07, 6.45) is -2.93. The van der Waals surface area contributed by atoms with Crippen molar-refractivity contribution in [1.29, 1.82) is 0 Å². The van der Waals surface area contributed by atoms with Gasteiger partial charge in [0.2, 0.25) is 5.95 Å². The van der Waals surface area contributed by atoms with E-state index in [-0.39, 0.29) is 16.7 Å². The van der Waals surface area contributed by atoms with Gasteiger partial charge in [0.1, 0.15) is 23.8 Å². The highest BCUT2D eigenvalue weighted by Gasteiger charge is 2.44. The molecule has 1 aliphatic heterocycles. The van der Waals surface area contributed by atoms with Gasteiger partial charge in [0.25, 0.3) is 0 Å². The van der Waals surface area contributed by atoms with Crippen LogP contribution in [0.2, 0.25) is 5.15 Å². The molecular formula is C10H12ClN5O4. The fraction of sp³-hybridized carbons (Fsp3) is 0.500. The Bertz CT molecular complexity index is 650. The summed E-state index contributed by atoms with van der Waals surface area (Å²) in [5, 5.41) is 28.9. The van der Waals surface area contributed by atoms with Crippen molar-refractivity contribution >= 4 is 28.7 Å². The third kappa shape index (κ3) is 1.91. The highest BCUT2D eigenvalue weighted by molar-refractivity contribution is 6.33. The molecule has 4 atom stereocenters. The van der Waals surface area contributed by atoms with Gasteiger partial charge in [-0.15, -0.1) is 0 Å². The van der Waals surface area contributed by atoms with Crippen molar-refractivity contribution < 1.29 is 20.1 Å². The second-order valence-electron chi connectivity index (χ2n) is 4.43. The van der Waals surface area contributed by atoms with Crippen LogP contribution in [0, 0.1) is 0 Å². The molecule has 1 fully saturated rings. The molecule has 0 amide bonds. The fourth-order valence-corrected chi connectivity index (χ4v) is 2.41. The van der Waals surface area contributed by atoms with Crippen molar-refractivity contribution in [2.45, 2.75) is 24.5 Å². The minimum absolute atomic E-state index is 0.0454. The standard InChI is InChI=1S/C10H12ClN5O4/c11-7-4-8(15-10(12)14-7)16(2-13-4)9-6(19)5(18)3(1-17)20-9/h2-3,5-6,9,17-19H,1H2,(H2,12,14,15)/t3?,5?,6-,9?/m0/s1. The Hall–Kier alpha value is -1.52. The summed E-state index contributed by atoms with van der Waals surface area (Å²) in [6.45, 7) is -0.417. The zero-order valence-corrected chi connectivity index (χ0v) is 10.8. The van der Waals surface area contributed by atoms with E-state index in [2.05, 4.69) is 15.0 Å². The highest BCUT2D eigenvalue weighted by atomic mass is 35.5. The van der Waals surface area contributed by atoms with E-state index in [1.165, 1.54) is 10.9 Å². The third-order valence-corrected chi connectivity index (χ3v) is 3.45. The van der Waals surface area contributed by atoms with Gasteiger partial charge in [0, 0.05) is 0 Å². The molecule has 0 aromatic carbocycles. The van der Waals surface area contributed by atoms with Crippen LogP contribution in [-0.2, 0) is 4.74 Å². The van der Waals surface area contributed by atoms with E-state index >= 15 is 0 Å². The zero-order valence-electron chi connectivity index (χ0n) is 10.1. The summed E-state index contributed by atoms with van der Waals surface area (Å²) in [5.74, 6) is -0.0454. The lowest BCUT2D eigenvalue weighted by Gasteiger charge is -2.16. The first kappa shape index (κ1) is 13.5. The van der Waals surface area contributed by atoms with E-state index in [1.54, 1.807) is 0 Å². The lowest BCUT2D eigenvalue weighted by atomic mass is 10.1. The van der Waals surface area contributed by atoms with Crippen molar-refractivity contribution in [1.82, 2.24) is 19.5 Å². The van der Waals surface area contributed by atoms with Gasteiger partial charge in [0.15, 0.2) is 17.0 Å². The molecule has 5 N–H and O–H groups in total. The largest absolute Gasteiger partial charge is 0.394 e. The Balaban J connectivity index is 2.07. The first-order valence-corrected chi connectivity index (χ1v) is 6.18. The molecule has 2 aromatic heterocycles. The number of imidazole rings is 1. The molecule has 0 spiro atoms. The monoisotopic (exact) mass is 301 g/mol. The Morgan fingerprint density at radius 1 is 1.35 bits per heavy atom. The van der Waals surface area contributed by atoms with Gasteiger partial charge < -0.3 is 25.8 Å². The third-order valence-electron chi connectivity index (χ3n) is 3.19. The van der Waals surface area contributed by atoms with Gasteiger partial charge in [-0.05, 0) is 0 Å². The number of nitrogens with two attached hydrogens (primary N) is 1. The van der Waals surface area contributed by atoms with Gasteiger partial charge in [-0.3, -0.25) is 4.57 Å². The summed E-state index contributed by atoms with van der Waals surface area (Å²) in [7, 11) is 0. The predicted molar refractivity (Wildman–Crippen MR) is 67.8 cm³/mol. The molecule has 20 heavy (non-hydrogen) atoms. The number of anilines is 1. The second kappa shape index (κ2) is 4.79. The van der Waals surface area contributed by atoms with Crippen molar-refractivity contribution in [2.24, 2.45) is 0 Å². The molecule has 0 saturated carbocycles. The first-order chi connectivity index (χ1) is 9.52. The van der Waals surface area contributed by atoms with Crippen LogP contribution in [0.4, 0.5) is 5.95 Å². The summed E-state index contributed by atoms with van der Waals surface area (Å²) in [5.41, 5.74) is 6.11. The number of nitrogen functional groups attached to an aromatic ring is 1. The van der Waals surface area contributed by atoms with Crippen LogP contribution in [0.25, 0.3) is 11.2 Å². The maximum absolute atomic E-state index is 9.99. The Labute approximate surface area is 117 Å². The summed E-state index contributed by atoms with van der Waals surface area (Å²) < 4.78 is 6.79. The SMILES string of the molecule is Nc1nc(Cl)c2ncn(C3OC(CO)C(O)[C@@H]3O)c2n1. The first-order valence-electron chi connectivity index (χ1n) is 5.81. The maximum Gasteiger partial charge on any atom is 0.223 e. The molecule has 3 unspecified atom stereocenters. The number of halogens is 1. The molecule has 0 bridgehead atoms. The van der Waals surface area contributed by atoms with Gasteiger partial charge in [0.05, 0.1) is 12.9 Å². The average Bonchev–Trinajstić information content (AvgIpc) is 2.93. The van der Waals surface area contributed by atoms with Crippen LogP contribution in [0.5, 0.6) is 0 Å². The summed E-state index contributed by atoms with van der Waals surface area (Å²) >= 11 is 5.90. The van der Waals surface area contributed by atoms with E-state index in [0.29, 0.717) is 5.52 Å². The van der Waals surface area contributed by atoms with E-state index in [0.717, 1.165) is 0 Å². The molecule has 1 saturated heterocycles. The van der Waals surface area contributed by atoms with Crippen molar-refractivity contribution in [3.63, 3.8) is 0 Å². The van der Waals surface area contributed by atoms with E-state index in [9.17, 15) is 10.2 Å². The van der Waals surface area contributed by atoms with E-state index in [4.69, 9.17) is 27.2 Å². The normalized spacial score (nSPS) is 30.2. The van der Waals surface area contributed by atoms with Crippen LogP contribution in [-0.4, -0.2) is 59.8 Å². The molecule has 0 radical (unpaired) electrons. The van der Waals surface area contributed by atoms with Gasteiger partial charge in [-0.2, -0.15) is 9.97 Å². The number of aliphatic hydroxyl groups excluding tert-OH is 3. The van der Waals surface area contributed by atoms with Crippen LogP contribution in [0.1, 0.15) is 6.23 Å². The number of nitrogens with zero attached hydrogens (tertiary/aromatic N) is 4. The Morgan fingerprint density at radius 2 is 2.10 bits per heavy atom. The van der Waals surface area contributed by atoms with Gasteiger partial charge in [-0.25, -0.2) is 4.98 Å². The number of hydrogen-bond acceptors (Lipinski definition) is 8. The number of aromatic nitrogens is 4. The number of ether oxygens (including phenoxy) is 1. The molecule has 9 nitrogen and oxygen atoms in total. The predicted octanol–water partition coefficient (Wildman–Crippen LogP) is -1.33. The Kier molecular flexibility index (Phi) is 3.22. The molecule has 0 aliphatic carbocycles. The lowest BCUT2D eigenvalue weighted by Crippen LogP contribution is -2.33. The quantitative estimate of drug-likeness (QED) is 0.500.